The Kier molecular flexibility index (Phi) is 8.25. The fraction of sp³-hybridized carbons (Fsp3) is 0.265. The van der Waals surface area contributed by atoms with Gasteiger partial charge in [0.15, 0.2) is 16.3 Å². The second kappa shape index (κ2) is 12.4. The third-order valence-electron chi connectivity index (χ3n) is 7.11. The first-order chi connectivity index (χ1) is 21.3. The summed E-state index contributed by atoms with van der Waals surface area (Å²) in [5.41, 5.74) is 3.05. The number of esters is 1. The molecule has 1 atom stereocenters. The highest BCUT2D eigenvalue weighted by atomic mass is 32.1. The highest BCUT2D eigenvalue weighted by Gasteiger charge is 2.35. The molecular weight excluding hydrogens is 580 g/mol. The number of para-hydroxylation sites is 1. The van der Waals surface area contributed by atoms with E-state index in [-0.39, 0.29) is 25.1 Å². The van der Waals surface area contributed by atoms with Gasteiger partial charge >= 0.3 is 5.97 Å². The van der Waals surface area contributed by atoms with E-state index in [1.54, 1.807) is 18.4 Å². The molecule has 0 fully saturated rings. The zero-order chi connectivity index (χ0) is 30.8. The lowest BCUT2D eigenvalue weighted by Crippen LogP contribution is -2.40. The Balaban J connectivity index is 1.33. The van der Waals surface area contributed by atoms with Crippen molar-refractivity contribution in [3.05, 3.63) is 114 Å². The predicted octanol–water partition coefficient (Wildman–Crippen LogP) is 4.89. The van der Waals surface area contributed by atoms with Gasteiger partial charge in [-0.2, -0.15) is 0 Å². The monoisotopic (exact) mass is 612 g/mol. The highest BCUT2D eigenvalue weighted by molar-refractivity contribution is 7.07. The number of carbonyl (C=O) groups excluding carboxylic acids is 1. The summed E-state index contributed by atoms with van der Waals surface area (Å²) in [6, 6.07) is 19.9. The van der Waals surface area contributed by atoms with Crippen LogP contribution in [-0.2, 0) is 16.1 Å². The van der Waals surface area contributed by atoms with Crippen LogP contribution in [-0.4, -0.2) is 30.0 Å². The molecule has 0 saturated carbocycles. The Labute approximate surface area is 258 Å². The van der Waals surface area contributed by atoms with Gasteiger partial charge in [0, 0.05) is 5.56 Å². The quantitative estimate of drug-likeness (QED) is 0.248. The molecule has 0 N–H and O–H groups in total. The predicted molar refractivity (Wildman–Crippen MR) is 166 cm³/mol. The number of rotatable bonds is 9. The summed E-state index contributed by atoms with van der Waals surface area (Å²) in [6.45, 7) is 8.19. The summed E-state index contributed by atoms with van der Waals surface area (Å²) < 4.78 is 30.4. The minimum atomic E-state index is -0.755. The molecule has 226 valence electrons. The first kappa shape index (κ1) is 29.3. The van der Waals surface area contributed by atoms with Gasteiger partial charge in [0.05, 0.1) is 28.5 Å². The van der Waals surface area contributed by atoms with Crippen molar-refractivity contribution in [2.24, 2.45) is 4.99 Å². The summed E-state index contributed by atoms with van der Waals surface area (Å²) >= 11 is 1.28. The van der Waals surface area contributed by atoms with Crippen LogP contribution in [0.15, 0.2) is 87.8 Å². The number of thiazole rings is 1. The molecule has 4 aromatic rings. The molecule has 0 radical (unpaired) electrons. The molecule has 0 spiro atoms. The molecule has 2 aliphatic heterocycles. The summed E-state index contributed by atoms with van der Waals surface area (Å²) in [6.07, 6.45) is 1.72. The molecule has 0 unspecified atom stereocenters. The van der Waals surface area contributed by atoms with Crippen molar-refractivity contribution < 1.29 is 28.5 Å². The van der Waals surface area contributed by atoms with E-state index in [1.807, 2.05) is 86.7 Å². The Morgan fingerprint density at radius 1 is 1.09 bits per heavy atom. The third-order valence-corrected chi connectivity index (χ3v) is 8.10. The van der Waals surface area contributed by atoms with E-state index in [1.165, 1.54) is 11.3 Å². The van der Waals surface area contributed by atoms with Gasteiger partial charge in [-0.3, -0.25) is 9.36 Å². The molecule has 3 aromatic carbocycles. The normalized spacial score (nSPS) is 15.7. The number of fused-ring (bicyclic) bond motifs is 2. The lowest BCUT2D eigenvalue weighted by Gasteiger charge is -2.26. The molecule has 1 aromatic heterocycles. The molecule has 6 rings (SSSR count). The van der Waals surface area contributed by atoms with Gasteiger partial charge in [-0.1, -0.05) is 47.7 Å². The van der Waals surface area contributed by atoms with Gasteiger partial charge in [0.2, 0.25) is 6.79 Å². The first-order valence-electron chi connectivity index (χ1n) is 14.4. The molecular formula is C34H32N2O7S. The third kappa shape index (κ3) is 5.85. The summed E-state index contributed by atoms with van der Waals surface area (Å²) in [4.78, 5) is 32.4. The Morgan fingerprint density at radius 3 is 2.64 bits per heavy atom. The average molecular weight is 613 g/mol. The smallest absolute Gasteiger partial charge is 0.338 e. The van der Waals surface area contributed by atoms with E-state index in [4.69, 9.17) is 23.7 Å². The Morgan fingerprint density at radius 2 is 1.86 bits per heavy atom. The number of aromatic nitrogens is 1. The number of hydrogen-bond acceptors (Lipinski definition) is 9. The minimum absolute atomic E-state index is 0.105. The Bertz CT molecular complexity index is 1920. The second-order valence-electron chi connectivity index (χ2n) is 10.6. The van der Waals surface area contributed by atoms with Crippen molar-refractivity contribution in [3.8, 4) is 23.0 Å². The Hall–Kier alpha value is -4.83. The van der Waals surface area contributed by atoms with Crippen LogP contribution in [0.2, 0.25) is 0 Å². The van der Waals surface area contributed by atoms with Crippen molar-refractivity contribution in [3.63, 3.8) is 0 Å². The van der Waals surface area contributed by atoms with Gasteiger partial charge < -0.3 is 23.7 Å². The summed E-state index contributed by atoms with van der Waals surface area (Å²) in [7, 11) is 0. The van der Waals surface area contributed by atoms with Crippen molar-refractivity contribution >= 4 is 23.4 Å². The number of carbonyl (C=O) groups is 1. The van der Waals surface area contributed by atoms with E-state index < -0.39 is 12.0 Å². The molecule has 0 aliphatic carbocycles. The van der Waals surface area contributed by atoms with Gasteiger partial charge in [0.1, 0.15) is 24.1 Å². The highest BCUT2D eigenvalue weighted by Crippen LogP contribution is 2.36. The van der Waals surface area contributed by atoms with E-state index in [0.717, 1.165) is 16.9 Å². The maximum atomic E-state index is 14.0. The minimum Gasteiger partial charge on any atom is -0.491 e. The van der Waals surface area contributed by atoms with Gasteiger partial charge in [-0.15, -0.1) is 0 Å². The topological polar surface area (TPSA) is 97.6 Å². The zero-order valence-electron chi connectivity index (χ0n) is 24.9. The largest absolute Gasteiger partial charge is 0.491 e. The van der Waals surface area contributed by atoms with E-state index in [2.05, 4.69) is 4.99 Å². The SMILES string of the molecule is CCOC(=O)C1=C(C)N=c2s/c(=C/c3ccc(OCc4ccc5c(c4)OCO5)cc3)c(=O)n2[C@H]1c1ccccc1OC(C)C. The summed E-state index contributed by atoms with van der Waals surface area (Å²) in [5.74, 6) is 2.22. The fourth-order valence-electron chi connectivity index (χ4n) is 5.16. The van der Waals surface area contributed by atoms with Crippen LogP contribution in [0.3, 0.4) is 0 Å². The number of hydrogen-bond donors (Lipinski definition) is 0. The van der Waals surface area contributed by atoms with Crippen LogP contribution < -0.4 is 33.8 Å². The van der Waals surface area contributed by atoms with Crippen molar-refractivity contribution in [2.45, 2.75) is 46.4 Å². The average Bonchev–Trinajstić information content (AvgIpc) is 3.59. The van der Waals surface area contributed by atoms with Crippen LogP contribution in [0.25, 0.3) is 6.08 Å². The second-order valence-corrected chi connectivity index (χ2v) is 11.6. The fourth-order valence-corrected chi connectivity index (χ4v) is 6.21. The number of ether oxygens (including phenoxy) is 5. The number of allylic oxidation sites excluding steroid dienone is 1. The molecule has 0 amide bonds. The molecule has 44 heavy (non-hydrogen) atoms. The van der Waals surface area contributed by atoms with Gasteiger partial charge in [0.25, 0.3) is 5.56 Å². The van der Waals surface area contributed by atoms with Crippen LogP contribution in [0.5, 0.6) is 23.0 Å². The van der Waals surface area contributed by atoms with Crippen molar-refractivity contribution in [2.75, 3.05) is 13.4 Å². The van der Waals surface area contributed by atoms with Gasteiger partial charge in [-0.05, 0) is 75.2 Å². The molecule has 0 saturated heterocycles. The van der Waals surface area contributed by atoms with Crippen molar-refractivity contribution in [1.29, 1.82) is 0 Å². The zero-order valence-corrected chi connectivity index (χ0v) is 25.7. The molecule has 9 nitrogen and oxygen atoms in total. The maximum Gasteiger partial charge on any atom is 0.338 e. The lowest BCUT2D eigenvalue weighted by atomic mass is 9.95. The van der Waals surface area contributed by atoms with Crippen molar-refractivity contribution in [1.82, 2.24) is 4.57 Å². The first-order valence-corrected chi connectivity index (χ1v) is 15.2. The molecule has 3 heterocycles. The molecule has 0 bridgehead atoms. The van der Waals surface area contributed by atoms with Crippen LogP contribution >= 0.6 is 11.3 Å². The number of benzene rings is 3. The number of nitrogens with zero attached hydrogens (tertiary/aromatic N) is 2. The van der Waals surface area contributed by atoms with Gasteiger partial charge in [-0.25, -0.2) is 9.79 Å². The van der Waals surface area contributed by atoms with E-state index in [0.29, 0.717) is 50.0 Å². The molecule has 2 aliphatic rings. The van der Waals surface area contributed by atoms with E-state index >= 15 is 0 Å². The van der Waals surface area contributed by atoms with Crippen LogP contribution in [0, 0.1) is 0 Å². The standard InChI is InChI=1S/C34H32N2O7S/c1-5-39-33(38)30-21(4)35-34-36(31(30)25-8-6-7-9-26(25)43-20(2)3)32(37)29(44-34)17-22-10-13-24(14-11-22)40-18-23-12-15-27-28(16-23)42-19-41-27/h6-17,20,31H,5,18-19H2,1-4H3/b29-17+/t31-/m0/s1. The van der Waals surface area contributed by atoms with Crippen LogP contribution in [0.4, 0.5) is 0 Å². The maximum absolute atomic E-state index is 14.0. The van der Waals surface area contributed by atoms with Crippen LogP contribution in [0.1, 0.15) is 50.4 Å². The molecule has 10 heteroatoms. The lowest BCUT2D eigenvalue weighted by molar-refractivity contribution is -0.139. The summed E-state index contributed by atoms with van der Waals surface area (Å²) in [5, 5.41) is 0. The van der Waals surface area contributed by atoms with E-state index in [9.17, 15) is 9.59 Å².